The van der Waals surface area contributed by atoms with Gasteiger partial charge in [0.1, 0.15) is 16.5 Å². The van der Waals surface area contributed by atoms with Crippen LogP contribution in [0.3, 0.4) is 0 Å². The number of carbonyl (C=O) groups excluding carboxylic acids is 1. The van der Waals surface area contributed by atoms with Crippen molar-refractivity contribution in [1.82, 2.24) is 9.47 Å². The molecule has 5 aromatic rings. The van der Waals surface area contributed by atoms with Crippen LogP contribution in [0.25, 0.3) is 20.7 Å². The Morgan fingerprint density at radius 1 is 0.786 bits per heavy atom. The molecule has 2 aromatic heterocycles. The predicted molar refractivity (Wildman–Crippen MR) is 215 cm³/mol. The number of Topliss-reactive ketones (excluding diaryl/α,β-unsaturated/α-hetero) is 1. The molecule has 0 aliphatic heterocycles. The van der Waals surface area contributed by atoms with Crippen LogP contribution < -0.4 is 11.2 Å². The zero-order valence-electron chi connectivity index (χ0n) is 31.2. The molecule has 0 fully saturated rings. The van der Waals surface area contributed by atoms with E-state index in [-0.39, 0.29) is 28.9 Å². The largest absolute Gasteiger partial charge is 0.399 e. The molecular formula is C36H43F2N3O11S4. The summed E-state index contributed by atoms with van der Waals surface area (Å²) in [5.74, 6) is -2.12. The lowest BCUT2D eigenvalue weighted by Crippen LogP contribution is -2.24. The minimum absolute atomic E-state index is 0.0119. The van der Waals surface area contributed by atoms with E-state index in [1.807, 2.05) is 49.5 Å². The maximum Gasteiger partial charge on any atom is 0.261 e. The van der Waals surface area contributed by atoms with Crippen molar-refractivity contribution in [3.8, 4) is 10.4 Å². The number of fused-ring (bicyclic) bond motifs is 1. The van der Waals surface area contributed by atoms with Crippen molar-refractivity contribution in [2.75, 3.05) is 31.5 Å². The number of pyridine rings is 1. The molecular weight excluding hydrogens is 817 g/mol. The van der Waals surface area contributed by atoms with Gasteiger partial charge in [0.25, 0.3) is 30.4 Å². The summed E-state index contributed by atoms with van der Waals surface area (Å²) in [6, 6.07) is 21.1. The van der Waals surface area contributed by atoms with Crippen LogP contribution in [0.15, 0.2) is 83.8 Å². The molecule has 0 aliphatic rings. The van der Waals surface area contributed by atoms with E-state index in [4.69, 9.17) is 19.4 Å². The van der Waals surface area contributed by atoms with Gasteiger partial charge in [-0.05, 0) is 48.0 Å². The van der Waals surface area contributed by atoms with Gasteiger partial charge in [0, 0.05) is 41.3 Å². The number of thiophene rings is 1. The second-order valence-corrected chi connectivity index (χ2v) is 18.2. The first-order valence-electron chi connectivity index (χ1n) is 16.2. The SMILES string of the molecule is CC(C)C(=O)c1cn(Cc2c(F)cccc2F)c2sc(-c3ccc(N)cc3)c(CN(C)Cc3ccccc3)c2c1=O.CS(=O)(=O)O.CS(=O)(=O)O.CS(=O)(=O)O. The van der Waals surface area contributed by atoms with Crippen molar-refractivity contribution < 1.29 is 52.5 Å². The Labute approximate surface area is 328 Å². The quantitative estimate of drug-likeness (QED) is 0.0802. The second-order valence-electron chi connectivity index (χ2n) is 12.8. The number of hydrogen-bond donors (Lipinski definition) is 4. The van der Waals surface area contributed by atoms with Crippen LogP contribution in [0.4, 0.5) is 14.5 Å². The Morgan fingerprint density at radius 3 is 1.73 bits per heavy atom. The molecule has 0 bridgehead atoms. The first-order valence-corrected chi connectivity index (χ1v) is 22.5. The monoisotopic (exact) mass is 859 g/mol. The normalized spacial score (nSPS) is 11.6. The maximum absolute atomic E-state index is 14.8. The number of nitrogens with zero attached hydrogens (tertiary/aromatic N) is 2. The summed E-state index contributed by atoms with van der Waals surface area (Å²) in [4.78, 5) is 30.8. The Hall–Kier alpha value is -4.41. The molecule has 20 heteroatoms. The lowest BCUT2D eigenvalue weighted by atomic mass is 9.99. The van der Waals surface area contributed by atoms with Gasteiger partial charge in [0.05, 0.1) is 36.3 Å². The fourth-order valence-electron chi connectivity index (χ4n) is 4.99. The Balaban J connectivity index is 0.000000615. The highest BCUT2D eigenvalue weighted by Crippen LogP contribution is 2.39. The molecule has 0 unspecified atom stereocenters. The molecule has 5 N–H and O–H groups in total. The van der Waals surface area contributed by atoms with E-state index in [9.17, 15) is 43.6 Å². The van der Waals surface area contributed by atoms with Crippen molar-refractivity contribution in [3.05, 3.63) is 123 Å². The van der Waals surface area contributed by atoms with Gasteiger partial charge in [0.2, 0.25) is 5.43 Å². The molecule has 2 heterocycles. The highest BCUT2D eigenvalue weighted by atomic mass is 32.2. The van der Waals surface area contributed by atoms with Crippen LogP contribution in [-0.4, -0.2) is 80.0 Å². The van der Waals surface area contributed by atoms with Crippen LogP contribution in [0.1, 0.15) is 40.9 Å². The van der Waals surface area contributed by atoms with Gasteiger partial charge in [-0.15, -0.1) is 11.3 Å². The lowest BCUT2D eigenvalue weighted by Gasteiger charge is -2.18. The summed E-state index contributed by atoms with van der Waals surface area (Å²) < 4.78 is 109. The summed E-state index contributed by atoms with van der Waals surface area (Å²) in [5, 5.41) is 0.394. The predicted octanol–water partition coefficient (Wildman–Crippen LogP) is 5.62. The Bertz CT molecular complexity index is 2410. The number of rotatable bonds is 9. The molecule has 0 spiro atoms. The van der Waals surface area contributed by atoms with Crippen LogP contribution in [0.2, 0.25) is 0 Å². The van der Waals surface area contributed by atoms with E-state index < -0.39 is 47.9 Å². The van der Waals surface area contributed by atoms with Crippen LogP contribution in [0, 0.1) is 17.6 Å². The van der Waals surface area contributed by atoms with E-state index in [1.54, 1.807) is 30.5 Å². The topological polar surface area (TPSA) is 231 Å². The van der Waals surface area contributed by atoms with E-state index >= 15 is 0 Å². The molecule has 0 saturated heterocycles. The van der Waals surface area contributed by atoms with Crippen molar-refractivity contribution in [1.29, 1.82) is 0 Å². The highest BCUT2D eigenvalue weighted by Gasteiger charge is 2.26. The van der Waals surface area contributed by atoms with E-state index in [0.717, 1.165) is 21.6 Å². The van der Waals surface area contributed by atoms with E-state index in [2.05, 4.69) is 4.90 Å². The number of anilines is 1. The van der Waals surface area contributed by atoms with Gasteiger partial charge >= 0.3 is 0 Å². The van der Waals surface area contributed by atoms with Gasteiger partial charge in [-0.3, -0.25) is 28.1 Å². The Morgan fingerprint density at radius 2 is 1.27 bits per heavy atom. The average Bonchev–Trinajstić information content (AvgIpc) is 3.41. The van der Waals surface area contributed by atoms with Gasteiger partial charge < -0.3 is 10.3 Å². The first kappa shape index (κ1) is 47.7. The summed E-state index contributed by atoms with van der Waals surface area (Å²) in [5.41, 5.74) is 8.82. The molecule has 0 saturated carbocycles. The van der Waals surface area contributed by atoms with Crippen LogP contribution in [-0.2, 0) is 50.0 Å². The summed E-state index contributed by atoms with van der Waals surface area (Å²) in [6.45, 7) is 4.34. The minimum Gasteiger partial charge on any atom is -0.399 e. The van der Waals surface area contributed by atoms with Gasteiger partial charge in [-0.1, -0.05) is 62.4 Å². The second kappa shape index (κ2) is 20.1. The summed E-state index contributed by atoms with van der Waals surface area (Å²) in [7, 11) is -9.03. The molecule has 0 aliphatic carbocycles. The van der Waals surface area contributed by atoms with Crippen LogP contribution in [0.5, 0.6) is 0 Å². The molecule has 306 valence electrons. The van der Waals surface area contributed by atoms with E-state index in [0.29, 0.717) is 47.8 Å². The van der Waals surface area contributed by atoms with Crippen molar-refractivity contribution in [2.24, 2.45) is 5.92 Å². The number of nitrogen functional groups attached to an aromatic ring is 1. The third-order valence-corrected chi connectivity index (χ3v) is 8.40. The molecule has 5 rings (SSSR count). The number of benzene rings is 3. The molecule has 14 nitrogen and oxygen atoms in total. The summed E-state index contributed by atoms with van der Waals surface area (Å²) in [6.07, 6.45) is 3.60. The lowest BCUT2D eigenvalue weighted by molar-refractivity contribution is 0.0937. The Kier molecular flexibility index (Phi) is 17.2. The number of nitrogens with two attached hydrogens (primary N) is 1. The maximum atomic E-state index is 14.8. The third kappa shape index (κ3) is 16.8. The van der Waals surface area contributed by atoms with Crippen molar-refractivity contribution >= 4 is 63.4 Å². The fraction of sp³-hybridized carbons (Fsp3) is 0.278. The van der Waals surface area contributed by atoms with Gasteiger partial charge in [-0.25, -0.2) is 8.78 Å². The number of halogens is 2. The third-order valence-electron chi connectivity index (χ3n) is 7.08. The van der Waals surface area contributed by atoms with Crippen molar-refractivity contribution in [2.45, 2.75) is 33.5 Å². The van der Waals surface area contributed by atoms with E-state index in [1.165, 1.54) is 35.7 Å². The van der Waals surface area contributed by atoms with Crippen LogP contribution >= 0.6 is 11.3 Å². The first-order chi connectivity index (χ1) is 25.6. The smallest absolute Gasteiger partial charge is 0.261 e. The highest BCUT2D eigenvalue weighted by molar-refractivity contribution is 7.85. The molecule has 0 radical (unpaired) electrons. The summed E-state index contributed by atoms with van der Waals surface area (Å²) >= 11 is 1.37. The number of aromatic nitrogens is 1. The van der Waals surface area contributed by atoms with Crippen molar-refractivity contribution in [3.63, 3.8) is 0 Å². The van der Waals surface area contributed by atoms with Gasteiger partial charge in [0.15, 0.2) is 5.78 Å². The number of hydrogen-bond acceptors (Lipinski definition) is 11. The fourth-order valence-corrected chi connectivity index (χ4v) is 6.28. The molecule has 56 heavy (non-hydrogen) atoms. The minimum atomic E-state index is -3.67. The molecule has 0 atom stereocenters. The number of carbonyl (C=O) groups is 1. The average molecular weight is 860 g/mol. The standard InChI is InChI=1S/C33H31F2N3O2S.3CH4O3S/c1-20(2)30(39)26-19-38(18-24-27(34)10-7-11-28(24)35)33-29(31(26)40)25(17-37(3)16-21-8-5-4-6-9-21)32(41-33)22-12-14-23(36)15-13-22;3*1-5(2,3)4/h4-15,19-20H,16-18,36H2,1-3H3;3*1H3,(H,2,3,4). The molecule has 3 aromatic carbocycles. The van der Waals surface area contributed by atoms with Gasteiger partial charge in [-0.2, -0.15) is 25.3 Å². The zero-order valence-corrected chi connectivity index (χ0v) is 34.4. The number of ketones is 1. The molecule has 0 amide bonds. The zero-order chi connectivity index (χ0) is 42.8.